The molecule has 0 bridgehead atoms. The van der Waals surface area contributed by atoms with Gasteiger partial charge >= 0.3 is 0 Å². The van der Waals surface area contributed by atoms with Crippen molar-refractivity contribution in [3.63, 3.8) is 0 Å². The van der Waals surface area contributed by atoms with Crippen molar-refractivity contribution in [2.24, 2.45) is 0 Å². The molecule has 2 N–H and O–H groups in total. The zero-order valence-corrected chi connectivity index (χ0v) is 16.8. The molecule has 0 spiro atoms. The summed E-state index contributed by atoms with van der Waals surface area (Å²) in [5.74, 6) is 0.705. The molecule has 1 nitrogen and oxygen atoms in total. The third-order valence-corrected chi connectivity index (χ3v) is 5.41. The predicted molar refractivity (Wildman–Crippen MR) is 116 cm³/mol. The Morgan fingerprint density at radius 1 is 0.731 bits per heavy atom. The molecule has 0 amide bonds. The highest BCUT2D eigenvalue weighted by atomic mass is 14.5. The van der Waals surface area contributed by atoms with Crippen LogP contribution in [-0.4, -0.2) is 0 Å². The lowest BCUT2D eigenvalue weighted by Gasteiger charge is -2.20. The van der Waals surface area contributed by atoms with Gasteiger partial charge in [-0.2, -0.15) is 0 Å². The molecule has 26 heavy (non-hydrogen) atoms. The van der Waals surface area contributed by atoms with Crippen LogP contribution < -0.4 is 5.73 Å². The summed E-state index contributed by atoms with van der Waals surface area (Å²) in [6.07, 6.45) is 13.2. The van der Waals surface area contributed by atoms with E-state index < -0.39 is 0 Å². The highest BCUT2D eigenvalue weighted by molar-refractivity contribution is 5.42. The smallest absolute Gasteiger partial charge is 0.0314 e. The Labute approximate surface area is 161 Å². The summed E-state index contributed by atoms with van der Waals surface area (Å²) in [6.45, 7) is 4.60. The molecule has 2 rings (SSSR count). The quantitative estimate of drug-likeness (QED) is 0.311. The molecule has 0 saturated heterocycles. The van der Waals surface area contributed by atoms with E-state index in [4.69, 9.17) is 5.73 Å². The Morgan fingerprint density at radius 3 is 2.15 bits per heavy atom. The molecule has 1 heteroatoms. The van der Waals surface area contributed by atoms with Gasteiger partial charge in [-0.05, 0) is 54.0 Å². The van der Waals surface area contributed by atoms with Gasteiger partial charge in [0.15, 0.2) is 0 Å². The van der Waals surface area contributed by atoms with E-state index in [0.717, 1.165) is 12.1 Å². The van der Waals surface area contributed by atoms with Crippen LogP contribution in [-0.2, 0) is 6.42 Å². The maximum Gasteiger partial charge on any atom is 0.0314 e. The summed E-state index contributed by atoms with van der Waals surface area (Å²) in [5, 5.41) is 0. The lowest BCUT2D eigenvalue weighted by atomic mass is 9.85. The van der Waals surface area contributed by atoms with Crippen LogP contribution >= 0.6 is 0 Å². The molecule has 0 aliphatic heterocycles. The molecule has 0 radical (unpaired) electrons. The number of hydrogen-bond acceptors (Lipinski definition) is 1. The van der Waals surface area contributed by atoms with Crippen molar-refractivity contribution in [2.45, 2.75) is 84.0 Å². The van der Waals surface area contributed by atoms with Crippen LogP contribution in [0.1, 0.15) is 94.2 Å². The van der Waals surface area contributed by atoms with E-state index >= 15 is 0 Å². The molecule has 0 aromatic heterocycles. The topological polar surface area (TPSA) is 26.0 Å². The first-order valence-electron chi connectivity index (χ1n) is 10.7. The van der Waals surface area contributed by atoms with Crippen molar-refractivity contribution in [3.8, 4) is 0 Å². The van der Waals surface area contributed by atoms with Crippen molar-refractivity contribution >= 4 is 5.69 Å². The molecule has 0 fully saturated rings. The highest BCUT2D eigenvalue weighted by Crippen LogP contribution is 2.31. The van der Waals surface area contributed by atoms with Crippen LogP contribution in [0.5, 0.6) is 0 Å². The Morgan fingerprint density at radius 2 is 1.42 bits per heavy atom. The standard InChI is InChI=1S/C25H37N/c1-3-5-6-7-8-9-13-22(12-4-2)25-15-11-10-14-23(25)20-21-16-18-24(26)19-17-21/h10-11,14-19,22H,3-9,12-13,20,26H2,1-2H3. The van der Waals surface area contributed by atoms with E-state index in [1.807, 2.05) is 12.1 Å². The van der Waals surface area contributed by atoms with Gasteiger partial charge < -0.3 is 5.73 Å². The van der Waals surface area contributed by atoms with Crippen molar-refractivity contribution < 1.29 is 0 Å². The average Bonchev–Trinajstić information content (AvgIpc) is 2.66. The SMILES string of the molecule is CCCCCCCCC(CCC)c1ccccc1Cc1ccc(N)cc1. The normalized spacial score (nSPS) is 12.2. The Balaban J connectivity index is 2.01. The molecule has 142 valence electrons. The fourth-order valence-electron chi connectivity index (χ4n) is 3.92. The third kappa shape index (κ3) is 6.86. The fourth-order valence-corrected chi connectivity index (χ4v) is 3.92. The lowest BCUT2D eigenvalue weighted by Crippen LogP contribution is -2.04. The van der Waals surface area contributed by atoms with Crippen molar-refractivity contribution in [2.75, 3.05) is 5.73 Å². The molecule has 1 unspecified atom stereocenters. The van der Waals surface area contributed by atoms with Crippen LogP contribution in [0.3, 0.4) is 0 Å². The minimum atomic E-state index is 0.705. The second kappa shape index (κ2) is 11.8. The Kier molecular flexibility index (Phi) is 9.31. The molecule has 0 saturated carbocycles. The minimum absolute atomic E-state index is 0.705. The van der Waals surface area contributed by atoms with Gasteiger partial charge in [0.1, 0.15) is 0 Å². The van der Waals surface area contributed by atoms with E-state index in [-0.39, 0.29) is 0 Å². The summed E-state index contributed by atoms with van der Waals surface area (Å²) in [6, 6.07) is 17.4. The van der Waals surface area contributed by atoms with E-state index in [0.29, 0.717) is 5.92 Å². The number of nitrogens with two attached hydrogens (primary N) is 1. The molecule has 1 atom stereocenters. The maximum absolute atomic E-state index is 5.84. The summed E-state index contributed by atoms with van der Waals surface area (Å²) >= 11 is 0. The molecular weight excluding hydrogens is 314 g/mol. The van der Waals surface area contributed by atoms with Gasteiger partial charge in [0.2, 0.25) is 0 Å². The van der Waals surface area contributed by atoms with E-state index in [9.17, 15) is 0 Å². The second-order valence-electron chi connectivity index (χ2n) is 7.66. The van der Waals surface area contributed by atoms with Crippen LogP contribution in [0.2, 0.25) is 0 Å². The Bertz CT molecular complexity index is 614. The summed E-state index contributed by atoms with van der Waals surface area (Å²) in [4.78, 5) is 0. The average molecular weight is 352 g/mol. The van der Waals surface area contributed by atoms with Crippen molar-refractivity contribution in [1.82, 2.24) is 0 Å². The number of hydrogen-bond donors (Lipinski definition) is 1. The molecule has 2 aromatic rings. The summed E-state index contributed by atoms with van der Waals surface area (Å²) in [5.41, 5.74) is 11.1. The molecular formula is C25H37N. The van der Waals surface area contributed by atoms with Crippen molar-refractivity contribution in [3.05, 3.63) is 65.2 Å². The van der Waals surface area contributed by atoms with E-state index in [1.54, 1.807) is 5.56 Å². The van der Waals surface area contributed by atoms with Crippen LogP contribution in [0, 0.1) is 0 Å². The van der Waals surface area contributed by atoms with Gasteiger partial charge in [0.05, 0.1) is 0 Å². The number of nitrogen functional groups attached to an aromatic ring is 1. The van der Waals surface area contributed by atoms with Gasteiger partial charge in [-0.25, -0.2) is 0 Å². The van der Waals surface area contributed by atoms with Crippen LogP contribution in [0.25, 0.3) is 0 Å². The number of benzene rings is 2. The van der Waals surface area contributed by atoms with Crippen LogP contribution in [0.4, 0.5) is 5.69 Å². The highest BCUT2D eigenvalue weighted by Gasteiger charge is 2.14. The first-order valence-corrected chi connectivity index (χ1v) is 10.7. The lowest BCUT2D eigenvalue weighted by molar-refractivity contribution is 0.510. The zero-order chi connectivity index (χ0) is 18.6. The van der Waals surface area contributed by atoms with Gasteiger partial charge in [-0.15, -0.1) is 0 Å². The van der Waals surface area contributed by atoms with E-state index in [1.165, 1.54) is 68.9 Å². The number of rotatable bonds is 12. The van der Waals surface area contributed by atoms with Gasteiger partial charge in [-0.3, -0.25) is 0 Å². The minimum Gasteiger partial charge on any atom is -0.399 e. The number of unbranched alkanes of at least 4 members (excludes halogenated alkanes) is 5. The summed E-state index contributed by atoms with van der Waals surface area (Å²) in [7, 11) is 0. The fraction of sp³-hybridized carbons (Fsp3) is 0.520. The summed E-state index contributed by atoms with van der Waals surface area (Å²) < 4.78 is 0. The second-order valence-corrected chi connectivity index (χ2v) is 7.66. The van der Waals surface area contributed by atoms with Crippen LogP contribution in [0.15, 0.2) is 48.5 Å². The molecule has 0 heterocycles. The van der Waals surface area contributed by atoms with Gasteiger partial charge in [-0.1, -0.05) is 95.2 Å². The Hall–Kier alpha value is -1.76. The van der Waals surface area contributed by atoms with E-state index in [2.05, 4.69) is 50.2 Å². The molecule has 0 aliphatic carbocycles. The largest absolute Gasteiger partial charge is 0.399 e. The first-order chi connectivity index (χ1) is 12.7. The predicted octanol–water partition coefficient (Wildman–Crippen LogP) is 7.49. The molecule has 0 aliphatic rings. The number of anilines is 1. The molecule has 2 aromatic carbocycles. The third-order valence-electron chi connectivity index (χ3n) is 5.41. The monoisotopic (exact) mass is 351 g/mol. The zero-order valence-electron chi connectivity index (χ0n) is 16.8. The van der Waals surface area contributed by atoms with Gasteiger partial charge in [0, 0.05) is 5.69 Å². The first kappa shape index (κ1) is 20.6. The van der Waals surface area contributed by atoms with Gasteiger partial charge in [0.25, 0.3) is 0 Å². The van der Waals surface area contributed by atoms with Crippen molar-refractivity contribution in [1.29, 1.82) is 0 Å². The maximum atomic E-state index is 5.84.